The van der Waals surface area contributed by atoms with E-state index in [0.717, 1.165) is 5.75 Å². The zero-order chi connectivity index (χ0) is 12.6. The fourth-order valence-electron chi connectivity index (χ4n) is 2.06. The molecule has 1 fully saturated rings. The molecule has 1 atom stereocenters. The normalized spacial score (nSPS) is 22.4. The van der Waals surface area contributed by atoms with Crippen molar-refractivity contribution in [3.63, 3.8) is 0 Å². The molecule has 4 heteroatoms. The van der Waals surface area contributed by atoms with E-state index in [1.165, 1.54) is 10.1 Å². The highest BCUT2D eigenvalue weighted by molar-refractivity contribution is 7.17. The molecule has 18 heavy (non-hydrogen) atoms. The van der Waals surface area contributed by atoms with Gasteiger partial charge in [-0.15, -0.1) is 11.3 Å². The molecule has 1 aromatic carbocycles. The molecule has 0 amide bonds. The Morgan fingerprint density at radius 3 is 3.06 bits per heavy atom. The Balaban J connectivity index is 1.63. The molecule has 0 aliphatic carbocycles. The van der Waals surface area contributed by atoms with Crippen LogP contribution < -0.4 is 4.74 Å². The molecular weight excluding hydrogens is 248 g/mol. The van der Waals surface area contributed by atoms with Crippen molar-refractivity contribution in [1.82, 2.24) is 0 Å². The second-order valence-electron chi connectivity index (χ2n) is 4.88. The van der Waals surface area contributed by atoms with Crippen molar-refractivity contribution in [3.05, 3.63) is 29.6 Å². The van der Waals surface area contributed by atoms with E-state index in [1.54, 1.807) is 11.3 Å². The third-order valence-corrected chi connectivity index (χ3v) is 3.81. The van der Waals surface area contributed by atoms with Gasteiger partial charge in [0.2, 0.25) is 0 Å². The number of benzene rings is 1. The number of ether oxygens (including phenoxy) is 3. The standard InChI is InChI=1S/C14H16O3S/c1-14(2)16-9-12(17-14)8-15-11-4-3-10-5-6-18-13(10)7-11/h3-7,12H,8-9H2,1-2H3/t12-/m1/s1. The first-order valence-electron chi connectivity index (χ1n) is 6.04. The number of thiophene rings is 1. The molecule has 96 valence electrons. The van der Waals surface area contributed by atoms with Gasteiger partial charge in [-0.2, -0.15) is 0 Å². The van der Waals surface area contributed by atoms with Crippen molar-refractivity contribution >= 4 is 21.4 Å². The predicted molar refractivity (Wildman–Crippen MR) is 72.2 cm³/mol. The Morgan fingerprint density at radius 2 is 2.28 bits per heavy atom. The smallest absolute Gasteiger partial charge is 0.163 e. The maximum Gasteiger partial charge on any atom is 0.163 e. The third-order valence-electron chi connectivity index (χ3n) is 2.93. The molecule has 1 aliphatic rings. The Morgan fingerprint density at radius 1 is 1.39 bits per heavy atom. The van der Waals surface area contributed by atoms with E-state index in [-0.39, 0.29) is 6.10 Å². The molecule has 2 aromatic rings. The van der Waals surface area contributed by atoms with Gasteiger partial charge in [0.1, 0.15) is 18.5 Å². The van der Waals surface area contributed by atoms with Crippen LogP contribution >= 0.6 is 11.3 Å². The summed E-state index contributed by atoms with van der Waals surface area (Å²) < 4.78 is 18.2. The number of hydrogen-bond donors (Lipinski definition) is 0. The van der Waals surface area contributed by atoms with Gasteiger partial charge in [-0.25, -0.2) is 0 Å². The fourth-order valence-corrected chi connectivity index (χ4v) is 2.88. The van der Waals surface area contributed by atoms with Gasteiger partial charge in [-0.1, -0.05) is 0 Å². The van der Waals surface area contributed by atoms with E-state index in [1.807, 2.05) is 19.9 Å². The molecule has 0 spiro atoms. The van der Waals surface area contributed by atoms with Crippen LogP contribution in [-0.2, 0) is 9.47 Å². The zero-order valence-corrected chi connectivity index (χ0v) is 11.3. The minimum Gasteiger partial charge on any atom is -0.491 e. The average molecular weight is 264 g/mol. The molecule has 0 N–H and O–H groups in total. The Hall–Kier alpha value is -1.10. The zero-order valence-electron chi connectivity index (χ0n) is 10.5. The topological polar surface area (TPSA) is 27.7 Å². The molecule has 0 bridgehead atoms. The van der Waals surface area contributed by atoms with Gasteiger partial charge in [-0.3, -0.25) is 0 Å². The molecule has 0 saturated carbocycles. The maximum atomic E-state index is 5.76. The first-order valence-corrected chi connectivity index (χ1v) is 6.92. The van der Waals surface area contributed by atoms with Gasteiger partial charge < -0.3 is 14.2 Å². The van der Waals surface area contributed by atoms with Crippen LogP contribution in [0.5, 0.6) is 5.75 Å². The lowest BCUT2D eigenvalue weighted by molar-refractivity contribution is -0.141. The summed E-state index contributed by atoms with van der Waals surface area (Å²) in [6.45, 7) is 4.96. The van der Waals surface area contributed by atoms with Crippen molar-refractivity contribution in [2.24, 2.45) is 0 Å². The van der Waals surface area contributed by atoms with Gasteiger partial charge in [0.25, 0.3) is 0 Å². The lowest BCUT2D eigenvalue weighted by Crippen LogP contribution is -2.25. The summed E-state index contributed by atoms with van der Waals surface area (Å²) in [5.74, 6) is 0.407. The highest BCUT2D eigenvalue weighted by atomic mass is 32.1. The second-order valence-corrected chi connectivity index (χ2v) is 5.83. The molecule has 1 aliphatic heterocycles. The summed E-state index contributed by atoms with van der Waals surface area (Å²) in [7, 11) is 0. The molecule has 0 radical (unpaired) electrons. The summed E-state index contributed by atoms with van der Waals surface area (Å²) in [4.78, 5) is 0. The van der Waals surface area contributed by atoms with Crippen molar-refractivity contribution in [2.45, 2.75) is 25.7 Å². The van der Waals surface area contributed by atoms with Crippen LogP contribution in [-0.4, -0.2) is 25.1 Å². The molecular formula is C14H16O3S. The lowest BCUT2D eigenvalue weighted by atomic mass is 10.2. The van der Waals surface area contributed by atoms with Crippen LogP contribution in [0.1, 0.15) is 13.8 Å². The SMILES string of the molecule is CC1(C)OC[C@@H](COc2ccc3ccsc3c2)O1. The van der Waals surface area contributed by atoms with E-state index in [4.69, 9.17) is 14.2 Å². The van der Waals surface area contributed by atoms with Gasteiger partial charge in [0.15, 0.2) is 5.79 Å². The number of rotatable bonds is 3. The minimum atomic E-state index is -0.480. The van der Waals surface area contributed by atoms with Crippen LogP contribution in [0, 0.1) is 0 Å². The first-order chi connectivity index (χ1) is 8.62. The fraction of sp³-hybridized carbons (Fsp3) is 0.429. The average Bonchev–Trinajstić information content (AvgIpc) is 2.92. The summed E-state index contributed by atoms with van der Waals surface area (Å²) in [6.07, 6.45) is 0.0130. The molecule has 0 unspecified atom stereocenters. The van der Waals surface area contributed by atoms with Gasteiger partial charge in [-0.05, 0) is 48.9 Å². The minimum absolute atomic E-state index is 0.0130. The molecule has 1 saturated heterocycles. The van der Waals surface area contributed by atoms with E-state index < -0.39 is 5.79 Å². The molecule has 1 aromatic heterocycles. The number of hydrogen-bond acceptors (Lipinski definition) is 4. The monoisotopic (exact) mass is 264 g/mol. The van der Waals surface area contributed by atoms with Gasteiger partial charge in [0, 0.05) is 4.70 Å². The Bertz CT molecular complexity index is 547. The van der Waals surface area contributed by atoms with Crippen molar-refractivity contribution in [2.75, 3.05) is 13.2 Å². The lowest BCUT2D eigenvalue weighted by Gasteiger charge is -2.17. The molecule has 2 heterocycles. The van der Waals surface area contributed by atoms with Crippen LogP contribution in [0.3, 0.4) is 0 Å². The highest BCUT2D eigenvalue weighted by Crippen LogP contribution is 2.27. The largest absolute Gasteiger partial charge is 0.491 e. The van der Waals surface area contributed by atoms with Crippen LogP contribution in [0.4, 0.5) is 0 Å². The Kier molecular flexibility index (Phi) is 3.01. The molecule has 3 rings (SSSR count). The first kappa shape index (κ1) is 12.0. The second kappa shape index (κ2) is 4.53. The van der Waals surface area contributed by atoms with Gasteiger partial charge >= 0.3 is 0 Å². The summed E-state index contributed by atoms with van der Waals surface area (Å²) in [6, 6.07) is 8.26. The van der Waals surface area contributed by atoms with E-state index >= 15 is 0 Å². The predicted octanol–water partition coefficient (Wildman–Crippen LogP) is 3.43. The van der Waals surface area contributed by atoms with Crippen molar-refractivity contribution in [3.8, 4) is 5.75 Å². The number of fused-ring (bicyclic) bond motifs is 1. The third kappa shape index (κ3) is 2.51. The summed E-state index contributed by atoms with van der Waals surface area (Å²) >= 11 is 1.72. The van der Waals surface area contributed by atoms with E-state index in [9.17, 15) is 0 Å². The quantitative estimate of drug-likeness (QED) is 0.850. The Labute approximate surface area is 110 Å². The van der Waals surface area contributed by atoms with Crippen LogP contribution in [0.15, 0.2) is 29.6 Å². The highest BCUT2D eigenvalue weighted by Gasteiger charge is 2.32. The van der Waals surface area contributed by atoms with E-state index in [2.05, 4.69) is 23.6 Å². The maximum absolute atomic E-state index is 5.76. The van der Waals surface area contributed by atoms with E-state index in [0.29, 0.717) is 13.2 Å². The summed E-state index contributed by atoms with van der Waals surface area (Å²) in [5, 5.41) is 3.35. The van der Waals surface area contributed by atoms with Gasteiger partial charge in [0.05, 0.1) is 6.61 Å². The van der Waals surface area contributed by atoms with Crippen LogP contribution in [0.2, 0.25) is 0 Å². The molecule has 3 nitrogen and oxygen atoms in total. The van der Waals surface area contributed by atoms with Crippen molar-refractivity contribution < 1.29 is 14.2 Å². The van der Waals surface area contributed by atoms with Crippen molar-refractivity contribution in [1.29, 1.82) is 0 Å². The summed E-state index contributed by atoms with van der Waals surface area (Å²) in [5.41, 5.74) is 0. The van der Waals surface area contributed by atoms with Crippen LogP contribution in [0.25, 0.3) is 10.1 Å².